The van der Waals surface area contributed by atoms with Crippen molar-refractivity contribution in [3.63, 3.8) is 0 Å². The standard InChI is InChI=1S/C20H28N4O3/c1-24(2)19(25)15-23-20(22-13-11-18-5-4-14-27-18)21-12-10-16-6-8-17(26-3)9-7-16/h4-9,14H,10-13,15H2,1-3H3,(H2,21,22,23). The molecule has 7 nitrogen and oxygen atoms in total. The number of hydrogen-bond acceptors (Lipinski definition) is 4. The Morgan fingerprint density at radius 2 is 1.81 bits per heavy atom. The Morgan fingerprint density at radius 3 is 2.41 bits per heavy atom. The molecule has 1 amide bonds. The summed E-state index contributed by atoms with van der Waals surface area (Å²) in [5.41, 5.74) is 1.20. The Morgan fingerprint density at radius 1 is 1.11 bits per heavy atom. The number of furan rings is 1. The first-order chi connectivity index (χ1) is 13.1. The number of methoxy groups -OCH3 is 1. The van der Waals surface area contributed by atoms with Crippen molar-refractivity contribution in [2.75, 3.05) is 40.8 Å². The second-order valence-electron chi connectivity index (χ2n) is 6.23. The highest BCUT2D eigenvalue weighted by molar-refractivity contribution is 5.84. The first-order valence-electron chi connectivity index (χ1n) is 8.96. The van der Waals surface area contributed by atoms with E-state index in [1.54, 1.807) is 27.5 Å². The molecule has 0 aliphatic carbocycles. The maximum Gasteiger partial charge on any atom is 0.243 e. The van der Waals surface area contributed by atoms with Gasteiger partial charge in [0.05, 0.1) is 13.4 Å². The summed E-state index contributed by atoms with van der Waals surface area (Å²) in [5.74, 6) is 2.32. The third-order valence-electron chi connectivity index (χ3n) is 3.98. The van der Waals surface area contributed by atoms with Gasteiger partial charge in [-0.15, -0.1) is 0 Å². The molecule has 0 aliphatic heterocycles. The summed E-state index contributed by atoms with van der Waals surface area (Å²) in [6, 6.07) is 11.8. The highest BCUT2D eigenvalue weighted by Crippen LogP contribution is 2.11. The van der Waals surface area contributed by atoms with E-state index >= 15 is 0 Å². The fraction of sp³-hybridized carbons (Fsp3) is 0.400. The van der Waals surface area contributed by atoms with Gasteiger partial charge in [0, 0.05) is 33.6 Å². The molecule has 0 saturated carbocycles. The van der Waals surface area contributed by atoms with Crippen molar-refractivity contribution in [3.05, 3.63) is 54.0 Å². The SMILES string of the molecule is COc1ccc(CCNC(=NCC(=O)N(C)C)NCCc2ccco2)cc1. The first kappa shape index (κ1) is 20.4. The summed E-state index contributed by atoms with van der Waals surface area (Å²) in [4.78, 5) is 17.7. The van der Waals surface area contributed by atoms with Crippen LogP contribution in [0, 0.1) is 0 Å². The lowest BCUT2D eigenvalue weighted by Crippen LogP contribution is -2.40. The van der Waals surface area contributed by atoms with Crippen molar-refractivity contribution in [2.24, 2.45) is 4.99 Å². The Hall–Kier alpha value is -2.96. The number of ether oxygens (including phenoxy) is 1. The van der Waals surface area contributed by atoms with E-state index < -0.39 is 0 Å². The van der Waals surface area contributed by atoms with Gasteiger partial charge in [-0.05, 0) is 36.2 Å². The van der Waals surface area contributed by atoms with E-state index in [9.17, 15) is 4.79 Å². The van der Waals surface area contributed by atoms with Crippen molar-refractivity contribution in [2.45, 2.75) is 12.8 Å². The van der Waals surface area contributed by atoms with Gasteiger partial charge >= 0.3 is 0 Å². The fourth-order valence-electron chi connectivity index (χ4n) is 2.34. The molecule has 0 aliphatic rings. The third kappa shape index (κ3) is 7.43. The molecular formula is C20H28N4O3. The molecule has 0 radical (unpaired) electrons. The van der Waals surface area contributed by atoms with Crippen LogP contribution in [-0.4, -0.2) is 57.6 Å². The summed E-state index contributed by atoms with van der Waals surface area (Å²) in [6.07, 6.45) is 3.24. The van der Waals surface area contributed by atoms with E-state index in [2.05, 4.69) is 15.6 Å². The summed E-state index contributed by atoms with van der Waals surface area (Å²) in [5, 5.41) is 6.52. The van der Waals surface area contributed by atoms with Gasteiger partial charge in [-0.25, -0.2) is 4.99 Å². The van der Waals surface area contributed by atoms with Crippen LogP contribution < -0.4 is 15.4 Å². The van der Waals surface area contributed by atoms with Gasteiger partial charge in [-0.3, -0.25) is 4.79 Å². The third-order valence-corrected chi connectivity index (χ3v) is 3.98. The molecular weight excluding hydrogens is 344 g/mol. The van der Waals surface area contributed by atoms with Gasteiger partial charge in [0.1, 0.15) is 18.1 Å². The van der Waals surface area contributed by atoms with Crippen LogP contribution in [0.3, 0.4) is 0 Å². The van der Waals surface area contributed by atoms with E-state index in [1.165, 1.54) is 10.5 Å². The number of rotatable bonds is 9. The topological polar surface area (TPSA) is 79.1 Å². The number of benzene rings is 1. The maximum atomic E-state index is 11.8. The number of likely N-dealkylation sites (N-methyl/N-ethyl adjacent to an activating group) is 1. The minimum Gasteiger partial charge on any atom is -0.497 e. The quantitative estimate of drug-likeness (QED) is 0.517. The van der Waals surface area contributed by atoms with Crippen LogP contribution in [0.2, 0.25) is 0 Å². The molecule has 27 heavy (non-hydrogen) atoms. The summed E-state index contributed by atoms with van der Waals surface area (Å²) in [6.45, 7) is 1.47. The Kier molecular flexibility index (Phi) is 8.22. The van der Waals surface area contributed by atoms with Crippen LogP contribution >= 0.6 is 0 Å². The largest absolute Gasteiger partial charge is 0.497 e. The second kappa shape index (κ2) is 10.9. The summed E-state index contributed by atoms with van der Waals surface area (Å²) in [7, 11) is 5.10. The lowest BCUT2D eigenvalue weighted by atomic mass is 10.1. The van der Waals surface area contributed by atoms with Gasteiger partial charge in [0.2, 0.25) is 5.91 Å². The van der Waals surface area contributed by atoms with Crippen LogP contribution in [0.25, 0.3) is 0 Å². The van der Waals surface area contributed by atoms with E-state index in [0.29, 0.717) is 19.0 Å². The molecule has 7 heteroatoms. The lowest BCUT2D eigenvalue weighted by Gasteiger charge is -2.13. The van der Waals surface area contributed by atoms with Crippen molar-refractivity contribution in [3.8, 4) is 5.75 Å². The molecule has 0 unspecified atom stereocenters. The number of nitrogens with zero attached hydrogens (tertiary/aromatic N) is 2. The fourth-order valence-corrected chi connectivity index (χ4v) is 2.34. The van der Waals surface area contributed by atoms with E-state index in [4.69, 9.17) is 9.15 Å². The van der Waals surface area contributed by atoms with E-state index in [1.807, 2.05) is 36.4 Å². The molecule has 1 heterocycles. The second-order valence-corrected chi connectivity index (χ2v) is 6.23. The van der Waals surface area contributed by atoms with Crippen LogP contribution in [0.1, 0.15) is 11.3 Å². The summed E-state index contributed by atoms with van der Waals surface area (Å²) >= 11 is 0. The van der Waals surface area contributed by atoms with Crippen molar-refractivity contribution < 1.29 is 13.9 Å². The van der Waals surface area contributed by atoms with Gasteiger partial charge < -0.3 is 24.7 Å². The minimum absolute atomic E-state index is 0.0442. The molecule has 0 fully saturated rings. The number of nitrogens with one attached hydrogen (secondary N) is 2. The monoisotopic (exact) mass is 372 g/mol. The zero-order valence-electron chi connectivity index (χ0n) is 16.2. The molecule has 0 spiro atoms. The highest BCUT2D eigenvalue weighted by atomic mass is 16.5. The smallest absolute Gasteiger partial charge is 0.243 e. The summed E-state index contributed by atoms with van der Waals surface area (Å²) < 4.78 is 10.5. The molecule has 2 N–H and O–H groups in total. The molecule has 2 aromatic rings. The molecule has 1 aromatic carbocycles. The van der Waals surface area contributed by atoms with Crippen LogP contribution in [0.15, 0.2) is 52.1 Å². The van der Waals surface area contributed by atoms with Gasteiger partial charge in [-0.1, -0.05) is 12.1 Å². The first-order valence-corrected chi connectivity index (χ1v) is 8.96. The number of hydrogen-bond donors (Lipinski definition) is 2. The molecule has 0 saturated heterocycles. The number of carbonyl (C=O) groups excluding carboxylic acids is 1. The van der Waals surface area contributed by atoms with Crippen LogP contribution in [0.5, 0.6) is 5.75 Å². The van der Waals surface area contributed by atoms with E-state index in [-0.39, 0.29) is 12.5 Å². The highest BCUT2D eigenvalue weighted by Gasteiger charge is 2.05. The average molecular weight is 372 g/mol. The molecule has 0 bridgehead atoms. The maximum absolute atomic E-state index is 11.8. The van der Waals surface area contributed by atoms with Crippen molar-refractivity contribution >= 4 is 11.9 Å². The average Bonchev–Trinajstić information content (AvgIpc) is 3.19. The Balaban J connectivity index is 1.85. The zero-order chi connectivity index (χ0) is 19.5. The Labute approximate surface area is 160 Å². The van der Waals surface area contributed by atoms with E-state index in [0.717, 1.165) is 24.4 Å². The van der Waals surface area contributed by atoms with Gasteiger partial charge in [-0.2, -0.15) is 0 Å². The lowest BCUT2D eigenvalue weighted by molar-refractivity contribution is -0.127. The van der Waals surface area contributed by atoms with Crippen molar-refractivity contribution in [1.82, 2.24) is 15.5 Å². The number of guanidine groups is 1. The predicted molar refractivity (Wildman–Crippen MR) is 106 cm³/mol. The molecule has 146 valence electrons. The van der Waals surface area contributed by atoms with Crippen LogP contribution in [0.4, 0.5) is 0 Å². The van der Waals surface area contributed by atoms with Crippen molar-refractivity contribution in [1.29, 1.82) is 0 Å². The number of carbonyl (C=O) groups is 1. The molecule has 1 aromatic heterocycles. The number of aliphatic imine (C=N–C) groups is 1. The molecule has 2 rings (SSSR count). The van der Waals surface area contributed by atoms with Crippen LogP contribution in [-0.2, 0) is 17.6 Å². The predicted octanol–water partition coefficient (Wildman–Crippen LogP) is 1.70. The van der Waals surface area contributed by atoms with Gasteiger partial charge in [0.15, 0.2) is 5.96 Å². The zero-order valence-corrected chi connectivity index (χ0v) is 16.2. The minimum atomic E-state index is -0.0442. The number of amides is 1. The normalized spacial score (nSPS) is 11.1. The van der Waals surface area contributed by atoms with Gasteiger partial charge in [0.25, 0.3) is 0 Å². The Bertz CT molecular complexity index is 709. The molecule has 0 atom stereocenters.